The van der Waals surface area contributed by atoms with Gasteiger partial charge in [-0.1, -0.05) is 50.3 Å². The number of hydrogen-bond donors (Lipinski definition) is 3. The number of hydrogen-bond acceptors (Lipinski definition) is 4. The average molecular weight is 350 g/mol. The maximum atomic E-state index is 5.13. The van der Waals surface area contributed by atoms with Crippen molar-refractivity contribution in [2.24, 2.45) is 10.2 Å². The third-order valence-electron chi connectivity index (χ3n) is 3.14. The van der Waals surface area contributed by atoms with Gasteiger partial charge < -0.3 is 5.32 Å². The number of benzene rings is 1. The summed E-state index contributed by atoms with van der Waals surface area (Å²) in [6.07, 6.45) is 1.74. The lowest BCUT2D eigenvalue weighted by atomic mass is 10.0. The number of thiocarbonyl (C=S) groups is 2. The summed E-state index contributed by atoms with van der Waals surface area (Å²) >= 11 is 10.2. The Kier molecular flexibility index (Phi) is 8.36. The van der Waals surface area contributed by atoms with E-state index in [-0.39, 0.29) is 0 Å². The van der Waals surface area contributed by atoms with Crippen LogP contribution in [0.25, 0.3) is 0 Å². The molecule has 1 rings (SSSR count). The first-order chi connectivity index (χ1) is 11.0. The van der Waals surface area contributed by atoms with Gasteiger partial charge in [0.1, 0.15) is 5.71 Å². The molecule has 5 nitrogen and oxygen atoms in total. The van der Waals surface area contributed by atoms with E-state index >= 15 is 0 Å². The van der Waals surface area contributed by atoms with Crippen LogP contribution in [0.15, 0.2) is 34.5 Å². The minimum Gasteiger partial charge on any atom is -0.364 e. The minimum atomic E-state index is 0.442. The van der Waals surface area contributed by atoms with Gasteiger partial charge in [-0.15, -0.1) is 0 Å². The molecular formula is C16H23N5S2. The fourth-order valence-electron chi connectivity index (χ4n) is 1.69. The third-order valence-corrected chi connectivity index (χ3v) is 3.82. The lowest BCUT2D eigenvalue weighted by Crippen LogP contribution is -2.31. The first kappa shape index (κ1) is 19.2. The molecule has 0 aliphatic rings. The van der Waals surface area contributed by atoms with Gasteiger partial charge in [0, 0.05) is 12.6 Å². The molecule has 0 aliphatic heterocycles. The van der Waals surface area contributed by atoms with Crippen LogP contribution in [-0.4, -0.2) is 28.6 Å². The summed E-state index contributed by atoms with van der Waals surface area (Å²) in [7, 11) is 1.74. The van der Waals surface area contributed by atoms with E-state index in [1.807, 2.05) is 26.0 Å². The second-order valence-electron chi connectivity index (χ2n) is 4.79. The Bertz CT molecular complexity index is 605. The molecule has 0 fully saturated rings. The molecule has 0 aliphatic carbocycles. The fraction of sp³-hybridized carbons (Fsp3) is 0.375. The number of nitrogens with one attached hydrogen (secondary N) is 3. The Labute approximate surface area is 148 Å². The number of rotatable bonds is 6. The molecule has 0 saturated heterocycles. The molecule has 0 saturated carbocycles. The summed E-state index contributed by atoms with van der Waals surface area (Å²) in [6, 6.07) is 8.22. The van der Waals surface area contributed by atoms with E-state index in [9.17, 15) is 0 Å². The van der Waals surface area contributed by atoms with E-state index in [1.54, 1.807) is 7.05 Å². The number of aryl methyl sites for hydroxylation is 1. The van der Waals surface area contributed by atoms with E-state index in [0.29, 0.717) is 15.8 Å². The Morgan fingerprint density at radius 1 is 1.04 bits per heavy atom. The normalized spacial score (nSPS) is 11.8. The van der Waals surface area contributed by atoms with E-state index in [0.717, 1.165) is 24.1 Å². The molecule has 23 heavy (non-hydrogen) atoms. The molecule has 0 bridgehead atoms. The first-order valence-corrected chi connectivity index (χ1v) is 8.31. The lowest BCUT2D eigenvalue weighted by molar-refractivity contribution is 0.974. The van der Waals surface area contributed by atoms with Gasteiger partial charge in [0.25, 0.3) is 0 Å². The standard InChI is InChI=1S/C16H23N5S2/c1-5-12-7-9-13(10-8-12)15(20-21-16(23)17-4)11(3)18-19-14(22)6-2/h7-10H,5-6H2,1-4H3,(H,19,22)(H2,17,21,23). The smallest absolute Gasteiger partial charge is 0.186 e. The van der Waals surface area contributed by atoms with E-state index in [1.165, 1.54) is 5.56 Å². The van der Waals surface area contributed by atoms with E-state index < -0.39 is 0 Å². The van der Waals surface area contributed by atoms with Crippen LogP contribution in [0.2, 0.25) is 0 Å². The Morgan fingerprint density at radius 3 is 2.22 bits per heavy atom. The molecule has 124 valence electrons. The van der Waals surface area contributed by atoms with E-state index in [2.05, 4.69) is 45.4 Å². The predicted octanol–water partition coefficient (Wildman–Crippen LogP) is 2.75. The zero-order valence-electron chi connectivity index (χ0n) is 13.9. The average Bonchev–Trinajstić information content (AvgIpc) is 2.59. The van der Waals surface area contributed by atoms with Crippen molar-refractivity contribution in [2.45, 2.75) is 33.6 Å². The van der Waals surface area contributed by atoms with Crippen LogP contribution in [-0.2, 0) is 6.42 Å². The Morgan fingerprint density at radius 2 is 1.70 bits per heavy atom. The second kappa shape index (κ2) is 10.0. The van der Waals surface area contributed by atoms with Crippen molar-refractivity contribution in [1.82, 2.24) is 16.2 Å². The monoisotopic (exact) mass is 349 g/mol. The summed E-state index contributed by atoms with van der Waals surface area (Å²) in [5.41, 5.74) is 9.33. The topological polar surface area (TPSA) is 60.8 Å². The summed E-state index contributed by atoms with van der Waals surface area (Å²) in [6.45, 7) is 5.98. The van der Waals surface area contributed by atoms with Gasteiger partial charge in [0.2, 0.25) is 0 Å². The zero-order chi connectivity index (χ0) is 17.2. The highest BCUT2D eigenvalue weighted by atomic mass is 32.1. The van der Waals surface area contributed by atoms with Crippen LogP contribution < -0.4 is 16.2 Å². The van der Waals surface area contributed by atoms with Gasteiger partial charge in [-0.2, -0.15) is 10.2 Å². The Balaban J connectivity index is 3.09. The molecule has 0 unspecified atom stereocenters. The van der Waals surface area contributed by atoms with Crippen molar-refractivity contribution in [3.8, 4) is 0 Å². The quantitative estimate of drug-likeness (QED) is 0.419. The summed E-state index contributed by atoms with van der Waals surface area (Å²) in [4.78, 5) is 0.684. The van der Waals surface area contributed by atoms with Gasteiger partial charge in [-0.05, 0) is 37.5 Å². The maximum Gasteiger partial charge on any atom is 0.186 e. The summed E-state index contributed by atoms with van der Waals surface area (Å²) in [5, 5.41) is 11.9. The van der Waals surface area contributed by atoms with Crippen LogP contribution in [0.4, 0.5) is 0 Å². The van der Waals surface area contributed by atoms with Crippen LogP contribution >= 0.6 is 24.4 Å². The largest absolute Gasteiger partial charge is 0.364 e. The van der Waals surface area contributed by atoms with E-state index in [4.69, 9.17) is 24.4 Å². The van der Waals surface area contributed by atoms with Gasteiger partial charge in [-0.3, -0.25) is 10.9 Å². The summed E-state index contributed by atoms with van der Waals surface area (Å²) < 4.78 is 0. The number of hydrazone groups is 2. The zero-order valence-corrected chi connectivity index (χ0v) is 15.6. The molecule has 0 atom stereocenters. The molecule has 0 heterocycles. The van der Waals surface area contributed by atoms with Gasteiger partial charge in [0.05, 0.1) is 10.7 Å². The fourth-order valence-corrected chi connectivity index (χ4v) is 1.78. The third kappa shape index (κ3) is 6.42. The Hall–Kier alpha value is -1.86. The minimum absolute atomic E-state index is 0.442. The van der Waals surface area contributed by atoms with Crippen molar-refractivity contribution in [3.05, 3.63) is 35.4 Å². The first-order valence-electron chi connectivity index (χ1n) is 7.50. The van der Waals surface area contributed by atoms with Gasteiger partial charge >= 0.3 is 0 Å². The maximum absolute atomic E-state index is 5.13. The van der Waals surface area contributed by atoms with Crippen LogP contribution in [0, 0.1) is 0 Å². The highest BCUT2D eigenvalue weighted by Crippen LogP contribution is 2.07. The predicted molar refractivity (Wildman–Crippen MR) is 106 cm³/mol. The molecule has 0 amide bonds. The summed E-state index contributed by atoms with van der Waals surface area (Å²) in [5.74, 6) is 0. The molecule has 3 N–H and O–H groups in total. The molecule has 0 radical (unpaired) electrons. The highest BCUT2D eigenvalue weighted by molar-refractivity contribution is 7.80. The van der Waals surface area contributed by atoms with Crippen LogP contribution in [0.3, 0.4) is 0 Å². The van der Waals surface area contributed by atoms with Crippen molar-refractivity contribution in [3.63, 3.8) is 0 Å². The molecule has 7 heteroatoms. The van der Waals surface area contributed by atoms with Crippen molar-refractivity contribution < 1.29 is 0 Å². The molecule has 0 spiro atoms. The van der Waals surface area contributed by atoms with Gasteiger partial charge in [0.15, 0.2) is 5.11 Å². The number of nitrogens with zero attached hydrogens (tertiary/aromatic N) is 2. The lowest BCUT2D eigenvalue weighted by Gasteiger charge is -2.10. The second-order valence-corrected chi connectivity index (χ2v) is 5.69. The van der Waals surface area contributed by atoms with Crippen molar-refractivity contribution >= 4 is 46.0 Å². The van der Waals surface area contributed by atoms with Crippen molar-refractivity contribution in [2.75, 3.05) is 7.05 Å². The van der Waals surface area contributed by atoms with Crippen LogP contribution in [0.1, 0.15) is 38.3 Å². The molecule has 0 aromatic heterocycles. The van der Waals surface area contributed by atoms with Crippen LogP contribution in [0.5, 0.6) is 0 Å². The SMILES string of the molecule is CCC(=S)NN=C(C)C(=NNC(=S)NC)c1ccc(CC)cc1. The van der Waals surface area contributed by atoms with Crippen molar-refractivity contribution in [1.29, 1.82) is 0 Å². The molecule has 1 aromatic rings. The highest BCUT2D eigenvalue weighted by Gasteiger charge is 2.09. The molecular weight excluding hydrogens is 326 g/mol. The van der Waals surface area contributed by atoms with Gasteiger partial charge in [-0.25, -0.2) is 0 Å². The molecule has 1 aromatic carbocycles.